The summed E-state index contributed by atoms with van der Waals surface area (Å²) in [5.41, 5.74) is 0.271. The van der Waals surface area contributed by atoms with Crippen LogP contribution in [-0.2, 0) is 13.2 Å². The predicted molar refractivity (Wildman–Crippen MR) is 90.6 cm³/mol. The molecular weight excluding hydrogens is 380 g/mol. The molecule has 0 atom stereocenters. The van der Waals surface area contributed by atoms with Crippen molar-refractivity contribution >= 4 is 11.9 Å². The average molecular weight is 394 g/mol. The molecule has 146 valence electrons. The van der Waals surface area contributed by atoms with E-state index in [0.717, 1.165) is 0 Å². The van der Waals surface area contributed by atoms with Gasteiger partial charge in [0.2, 0.25) is 17.4 Å². The average Bonchev–Trinajstić information content (AvgIpc) is 3.34. The molecule has 0 radical (unpaired) electrons. The van der Waals surface area contributed by atoms with Gasteiger partial charge in [0.25, 0.3) is 0 Å². The summed E-state index contributed by atoms with van der Waals surface area (Å²) >= 11 is 0. The van der Waals surface area contributed by atoms with E-state index in [1.54, 1.807) is 16.9 Å². The number of carbonyl (C=O) groups excluding carboxylic acids is 1. The van der Waals surface area contributed by atoms with Gasteiger partial charge in [0.1, 0.15) is 23.8 Å². The maximum absolute atomic E-state index is 13.6. The molecule has 0 bridgehead atoms. The minimum atomic E-state index is -1.64. The minimum Gasteiger partial charge on any atom is -0.479 e. The number of ketones is 1. The minimum absolute atomic E-state index is 0.0912. The van der Waals surface area contributed by atoms with Gasteiger partial charge in [-0.15, -0.1) is 0 Å². The number of carbonyl (C=O) groups is 1. The van der Waals surface area contributed by atoms with E-state index in [4.69, 9.17) is 9.15 Å². The Hall–Kier alpha value is -3.36. The molecule has 0 amide bonds. The van der Waals surface area contributed by atoms with Crippen molar-refractivity contribution in [2.24, 2.45) is 0 Å². The van der Waals surface area contributed by atoms with E-state index in [1.165, 1.54) is 24.3 Å². The van der Waals surface area contributed by atoms with Crippen LogP contribution in [0.3, 0.4) is 0 Å². The summed E-state index contributed by atoms with van der Waals surface area (Å²) in [6.45, 7) is 2.05. The third kappa shape index (κ3) is 4.13. The molecule has 0 aliphatic rings. The number of allylic oxidation sites excluding steroid dienone is 1. The number of aryl methyl sites for hydroxylation is 1. The first-order chi connectivity index (χ1) is 13.4. The Morgan fingerprint density at radius 2 is 1.89 bits per heavy atom. The van der Waals surface area contributed by atoms with Crippen LogP contribution in [0.15, 0.2) is 41.0 Å². The molecule has 1 aromatic carbocycles. The third-order valence-electron chi connectivity index (χ3n) is 3.73. The first-order valence-electron chi connectivity index (χ1n) is 8.19. The number of furan rings is 1. The third-order valence-corrected chi connectivity index (χ3v) is 3.73. The molecule has 5 nitrogen and oxygen atoms in total. The molecule has 28 heavy (non-hydrogen) atoms. The zero-order valence-corrected chi connectivity index (χ0v) is 14.6. The van der Waals surface area contributed by atoms with E-state index < -0.39 is 35.6 Å². The maximum atomic E-state index is 13.6. The van der Waals surface area contributed by atoms with Crippen molar-refractivity contribution in [3.8, 4) is 5.75 Å². The summed E-state index contributed by atoms with van der Waals surface area (Å²) in [4.78, 5) is 12.0. The number of halogens is 4. The molecule has 0 saturated carbocycles. The van der Waals surface area contributed by atoms with Crippen LogP contribution in [0, 0.1) is 23.3 Å². The molecule has 0 aliphatic carbocycles. The lowest BCUT2D eigenvalue weighted by atomic mass is 10.2. The largest absolute Gasteiger partial charge is 0.479 e. The maximum Gasteiger partial charge on any atom is 0.206 e. The number of nitrogens with zero attached hydrogens (tertiary/aromatic N) is 2. The Kier molecular flexibility index (Phi) is 5.62. The Balaban J connectivity index is 1.66. The lowest BCUT2D eigenvalue weighted by Gasteiger charge is -2.08. The van der Waals surface area contributed by atoms with Gasteiger partial charge in [-0.25, -0.2) is 8.78 Å². The first kappa shape index (κ1) is 19.4. The van der Waals surface area contributed by atoms with Gasteiger partial charge in [0, 0.05) is 18.8 Å². The molecule has 0 spiro atoms. The second-order valence-corrected chi connectivity index (χ2v) is 5.64. The molecule has 0 saturated heterocycles. The zero-order valence-electron chi connectivity index (χ0n) is 14.6. The summed E-state index contributed by atoms with van der Waals surface area (Å²) in [7, 11) is 0. The van der Waals surface area contributed by atoms with Crippen molar-refractivity contribution < 1.29 is 31.5 Å². The van der Waals surface area contributed by atoms with Crippen molar-refractivity contribution in [3.05, 3.63) is 77.0 Å². The Morgan fingerprint density at radius 1 is 1.18 bits per heavy atom. The van der Waals surface area contributed by atoms with Crippen LogP contribution in [0.25, 0.3) is 6.08 Å². The van der Waals surface area contributed by atoms with Gasteiger partial charge in [0.05, 0.1) is 0 Å². The normalized spacial score (nSPS) is 11.3. The van der Waals surface area contributed by atoms with Crippen LogP contribution < -0.4 is 4.74 Å². The highest BCUT2D eigenvalue weighted by atomic mass is 19.2. The number of rotatable bonds is 7. The highest BCUT2D eigenvalue weighted by molar-refractivity contribution is 6.05. The van der Waals surface area contributed by atoms with Crippen LogP contribution in [0.2, 0.25) is 0 Å². The highest BCUT2D eigenvalue weighted by Crippen LogP contribution is 2.27. The Bertz CT molecular complexity index is 1010. The van der Waals surface area contributed by atoms with E-state index >= 15 is 0 Å². The molecule has 9 heteroatoms. The number of benzene rings is 1. The predicted octanol–water partition coefficient (Wildman–Crippen LogP) is 4.53. The summed E-state index contributed by atoms with van der Waals surface area (Å²) in [5, 5.41) is 4.07. The van der Waals surface area contributed by atoms with Crippen molar-refractivity contribution in [3.63, 3.8) is 0 Å². The first-order valence-corrected chi connectivity index (χ1v) is 8.19. The standard InChI is InChI=1S/C19H14F4N2O3/c1-2-25-8-7-15(24-25)16(26)6-5-11-3-4-12(28-11)10-27-19-17(22)13(20)9-14(21)18(19)23/h3-9H,2,10H2,1H3/b6-5+. The van der Waals surface area contributed by atoms with Crippen molar-refractivity contribution in [1.29, 1.82) is 0 Å². The van der Waals surface area contributed by atoms with Gasteiger partial charge in [-0.2, -0.15) is 13.9 Å². The number of hydrogen-bond donors (Lipinski definition) is 0. The van der Waals surface area contributed by atoms with E-state index in [2.05, 4.69) is 5.10 Å². The van der Waals surface area contributed by atoms with E-state index in [0.29, 0.717) is 6.54 Å². The fraction of sp³-hybridized carbons (Fsp3) is 0.158. The molecule has 2 aromatic heterocycles. The second kappa shape index (κ2) is 8.12. The summed E-state index contributed by atoms with van der Waals surface area (Å²) in [6.07, 6.45) is 4.32. The van der Waals surface area contributed by atoms with E-state index in [1.807, 2.05) is 6.92 Å². The van der Waals surface area contributed by atoms with Crippen LogP contribution in [-0.4, -0.2) is 15.6 Å². The van der Waals surface area contributed by atoms with Crippen LogP contribution in [0.4, 0.5) is 17.6 Å². The Labute approximate surface area is 156 Å². The molecule has 0 fully saturated rings. The molecule has 0 aliphatic heterocycles. The lowest BCUT2D eigenvalue weighted by molar-refractivity contribution is 0.104. The fourth-order valence-electron chi connectivity index (χ4n) is 2.30. The van der Waals surface area contributed by atoms with Gasteiger partial charge < -0.3 is 9.15 Å². The van der Waals surface area contributed by atoms with E-state index in [-0.39, 0.29) is 29.1 Å². The SMILES string of the molecule is CCn1ccc(C(=O)/C=C/c2ccc(COc3c(F)c(F)cc(F)c3F)o2)n1. The highest BCUT2D eigenvalue weighted by Gasteiger charge is 2.21. The van der Waals surface area contributed by atoms with Gasteiger partial charge >= 0.3 is 0 Å². The van der Waals surface area contributed by atoms with Crippen molar-refractivity contribution in [2.45, 2.75) is 20.1 Å². The number of hydrogen-bond acceptors (Lipinski definition) is 4. The molecule has 3 aromatic rings. The molecule has 0 unspecified atom stereocenters. The molecule has 0 N–H and O–H groups in total. The van der Waals surface area contributed by atoms with Gasteiger partial charge in [-0.3, -0.25) is 9.48 Å². The van der Waals surface area contributed by atoms with E-state index in [9.17, 15) is 22.4 Å². The van der Waals surface area contributed by atoms with Crippen molar-refractivity contribution in [1.82, 2.24) is 9.78 Å². The summed E-state index contributed by atoms with van der Waals surface area (Å²) in [5.74, 6) is -7.51. The molecule has 2 heterocycles. The van der Waals surface area contributed by atoms with Crippen LogP contribution in [0.5, 0.6) is 5.75 Å². The smallest absolute Gasteiger partial charge is 0.206 e. The van der Waals surface area contributed by atoms with Gasteiger partial charge in [-0.05, 0) is 37.3 Å². The molecular formula is C19H14F4N2O3. The summed E-state index contributed by atoms with van der Waals surface area (Å²) in [6, 6.07) is 4.60. The van der Waals surface area contributed by atoms with Crippen LogP contribution in [0.1, 0.15) is 28.9 Å². The fourth-order valence-corrected chi connectivity index (χ4v) is 2.30. The van der Waals surface area contributed by atoms with Crippen molar-refractivity contribution in [2.75, 3.05) is 0 Å². The van der Waals surface area contributed by atoms with Gasteiger partial charge in [-0.1, -0.05) is 0 Å². The lowest BCUT2D eigenvalue weighted by Crippen LogP contribution is -2.03. The zero-order chi connectivity index (χ0) is 20.3. The number of aromatic nitrogens is 2. The summed E-state index contributed by atoms with van der Waals surface area (Å²) < 4.78 is 65.2. The quantitative estimate of drug-likeness (QED) is 0.256. The monoisotopic (exact) mass is 394 g/mol. The van der Waals surface area contributed by atoms with Crippen LogP contribution >= 0.6 is 0 Å². The number of ether oxygens (including phenoxy) is 1. The Morgan fingerprint density at radius 3 is 2.54 bits per heavy atom. The molecule has 3 rings (SSSR count). The second-order valence-electron chi connectivity index (χ2n) is 5.64. The van der Waals surface area contributed by atoms with Gasteiger partial charge in [0.15, 0.2) is 17.4 Å². The topological polar surface area (TPSA) is 57.3 Å².